The molecule has 5 nitrogen and oxygen atoms in total. The van der Waals surface area contributed by atoms with Gasteiger partial charge in [0.2, 0.25) is 0 Å². The van der Waals surface area contributed by atoms with Gasteiger partial charge in [0.05, 0.1) is 11.9 Å². The molecule has 2 N–H and O–H groups in total. The number of rotatable bonds is 4. The van der Waals surface area contributed by atoms with Gasteiger partial charge < -0.3 is 15.5 Å². The number of nitrogens with one attached hydrogen (secondary N) is 2. The first-order valence-corrected chi connectivity index (χ1v) is 8.76. The van der Waals surface area contributed by atoms with Crippen molar-refractivity contribution < 1.29 is 0 Å². The molecule has 0 saturated carbocycles. The fraction of sp³-hybridized carbons (Fsp3) is 0.389. The molecule has 3 rings (SSSR count). The van der Waals surface area contributed by atoms with Crippen molar-refractivity contribution in [3.63, 3.8) is 0 Å². The Morgan fingerprint density at radius 2 is 2.25 bits per heavy atom. The van der Waals surface area contributed by atoms with Crippen LogP contribution in [-0.4, -0.2) is 28.2 Å². The minimum atomic E-state index is 0.583. The molecule has 0 unspecified atom stereocenters. The Morgan fingerprint density at radius 1 is 1.33 bits per heavy atom. The van der Waals surface area contributed by atoms with Crippen LogP contribution in [0.5, 0.6) is 0 Å². The highest BCUT2D eigenvalue weighted by molar-refractivity contribution is 7.80. The van der Waals surface area contributed by atoms with E-state index in [1.165, 1.54) is 12.8 Å². The zero-order chi connectivity index (χ0) is 16.8. The lowest BCUT2D eigenvalue weighted by Crippen LogP contribution is -2.34. The number of aromatic nitrogens is 2. The largest absolute Gasteiger partial charge is 0.358 e. The fourth-order valence-corrected chi connectivity index (χ4v) is 3.09. The Labute approximate surface area is 148 Å². The maximum absolute atomic E-state index is 5.33. The molecule has 0 aliphatic carbocycles. The van der Waals surface area contributed by atoms with Gasteiger partial charge in [0.1, 0.15) is 5.82 Å². The number of anilines is 2. The standard InChI is InChI=1S/C18H23N5S/c1-14-4-3-9-23(13-14)17-7-6-16(12-20-17)22-18(24)21-11-15-5-2-8-19-10-15/h2,5-8,10,12,14H,3-4,9,11,13H2,1H3,(H2,21,22,24)/t14-/m1/s1. The van der Waals surface area contributed by atoms with E-state index in [-0.39, 0.29) is 0 Å². The van der Waals surface area contributed by atoms with Gasteiger partial charge in [-0.05, 0) is 54.7 Å². The molecule has 1 atom stereocenters. The van der Waals surface area contributed by atoms with Crippen LogP contribution in [0.25, 0.3) is 0 Å². The average Bonchev–Trinajstić information content (AvgIpc) is 2.61. The number of pyridine rings is 2. The molecule has 2 aromatic rings. The summed E-state index contributed by atoms with van der Waals surface area (Å²) in [5.74, 6) is 1.78. The highest BCUT2D eigenvalue weighted by Gasteiger charge is 2.17. The third kappa shape index (κ3) is 4.64. The van der Waals surface area contributed by atoms with Crippen molar-refractivity contribution in [2.75, 3.05) is 23.3 Å². The predicted octanol–water partition coefficient (Wildman–Crippen LogP) is 3.20. The first kappa shape index (κ1) is 16.6. The van der Waals surface area contributed by atoms with Crippen LogP contribution in [0.2, 0.25) is 0 Å². The monoisotopic (exact) mass is 341 g/mol. The smallest absolute Gasteiger partial charge is 0.171 e. The van der Waals surface area contributed by atoms with E-state index in [1.807, 2.05) is 30.6 Å². The quantitative estimate of drug-likeness (QED) is 0.833. The molecule has 2 aromatic heterocycles. The van der Waals surface area contributed by atoms with Crippen molar-refractivity contribution in [1.82, 2.24) is 15.3 Å². The van der Waals surface area contributed by atoms with Crippen LogP contribution in [0.15, 0.2) is 42.9 Å². The molecule has 126 valence electrons. The van der Waals surface area contributed by atoms with Crippen LogP contribution < -0.4 is 15.5 Å². The van der Waals surface area contributed by atoms with Crippen molar-refractivity contribution in [1.29, 1.82) is 0 Å². The molecular weight excluding hydrogens is 318 g/mol. The summed E-state index contributed by atoms with van der Waals surface area (Å²) in [6.07, 6.45) is 7.98. The molecule has 1 aliphatic heterocycles. The van der Waals surface area contributed by atoms with Gasteiger partial charge in [-0.25, -0.2) is 4.98 Å². The van der Waals surface area contributed by atoms with E-state index in [0.29, 0.717) is 11.7 Å². The van der Waals surface area contributed by atoms with E-state index in [0.717, 1.165) is 36.1 Å². The Kier molecular flexibility index (Phi) is 5.59. The van der Waals surface area contributed by atoms with Crippen molar-refractivity contribution >= 4 is 28.8 Å². The average molecular weight is 341 g/mol. The summed E-state index contributed by atoms with van der Waals surface area (Å²) in [5.41, 5.74) is 1.99. The van der Waals surface area contributed by atoms with Crippen molar-refractivity contribution in [2.24, 2.45) is 5.92 Å². The molecule has 0 radical (unpaired) electrons. The van der Waals surface area contributed by atoms with Crippen molar-refractivity contribution in [3.05, 3.63) is 48.4 Å². The molecule has 0 aromatic carbocycles. The molecule has 0 spiro atoms. The molecule has 0 bridgehead atoms. The zero-order valence-corrected chi connectivity index (χ0v) is 14.7. The number of hydrogen-bond acceptors (Lipinski definition) is 4. The van der Waals surface area contributed by atoms with E-state index < -0.39 is 0 Å². The van der Waals surface area contributed by atoms with Crippen LogP contribution in [0.3, 0.4) is 0 Å². The molecule has 24 heavy (non-hydrogen) atoms. The number of piperidine rings is 1. The van der Waals surface area contributed by atoms with Gasteiger partial charge in [-0.2, -0.15) is 0 Å². The Hall–Kier alpha value is -2.21. The zero-order valence-electron chi connectivity index (χ0n) is 13.9. The van der Waals surface area contributed by atoms with E-state index in [4.69, 9.17) is 12.2 Å². The summed E-state index contributed by atoms with van der Waals surface area (Å²) in [5, 5.41) is 6.93. The summed E-state index contributed by atoms with van der Waals surface area (Å²) in [6.45, 7) is 5.13. The third-order valence-corrected chi connectivity index (χ3v) is 4.41. The Morgan fingerprint density at radius 3 is 2.96 bits per heavy atom. The minimum absolute atomic E-state index is 0.583. The van der Waals surface area contributed by atoms with Crippen LogP contribution in [0, 0.1) is 5.92 Å². The summed E-state index contributed by atoms with van der Waals surface area (Å²) < 4.78 is 0. The minimum Gasteiger partial charge on any atom is -0.358 e. The Balaban J connectivity index is 1.51. The van der Waals surface area contributed by atoms with Gasteiger partial charge in [-0.15, -0.1) is 0 Å². The second-order valence-corrected chi connectivity index (χ2v) is 6.68. The van der Waals surface area contributed by atoms with Crippen LogP contribution in [-0.2, 0) is 6.54 Å². The normalized spacial score (nSPS) is 17.4. The lowest BCUT2D eigenvalue weighted by atomic mass is 10.0. The van der Waals surface area contributed by atoms with Gasteiger partial charge in [0.25, 0.3) is 0 Å². The highest BCUT2D eigenvalue weighted by atomic mass is 32.1. The summed E-state index contributed by atoms with van der Waals surface area (Å²) in [6, 6.07) is 8.01. The van der Waals surface area contributed by atoms with Gasteiger partial charge in [-0.1, -0.05) is 13.0 Å². The van der Waals surface area contributed by atoms with Crippen molar-refractivity contribution in [2.45, 2.75) is 26.3 Å². The summed E-state index contributed by atoms with van der Waals surface area (Å²) in [7, 11) is 0. The Bertz CT molecular complexity index is 659. The van der Waals surface area contributed by atoms with Crippen molar-refractivity contribution in [3.8, 4) is 0 Å². The molecular formula is C18H23N5S. The fourth-order valence-electron chi connectivity index (χ4n) is 2.90. The number of hydrogen-bond donors (Lipinski definition) is 2. The van der Waals surface area contributed by atoms with E-state index in [9.17, 15) is 0 Å². The van der Waals surface area contributed by atoms with Crippen LogP contribution in [0.4, 0.5) is 11.5 Å². The van der Waals surface area contributed by atoms with E-state index in [1.54, 1.807) is 6.20 Å². The molecule has 1 fully saturated rings. The molecule has 6 heteroatoms. The lowest BCUT2D eigenvalue weighted by molar-refractivity contribution is 0.444. The topological polar surface area (TPSA) is 53.1 Å². The van der Waals surface area contributed by atoms with Gasteiger partial charge in [0.15, 0.2) is 5.11 Å². The molecule has 0 amide bonds. The lowest BCUT2D eigenvalue weighted by Gasteiger charge is -2.31. The number of nitrogens with zero attached hydrogens (tertiary/aromatic N) is 3. The van der Waals surface area contributed by atoms with E-state index in [2.05, 4.69) is 38.5 Å². The van der Waals surface area contributed by atoms with Gasteiger partial charge >= 0.3 is 0 Å². The SMILES string of the molecule is C[C@@H]1CCCN(c2ccc(NC(=S)NCc3cccnc3)cn2)C1. The van der Waals surface area contributed by atoms with Crippen LogP contribution >= 0.6 is 12.2 Å². The predicted molar refractivity (Wildman–Crippen MR) is 102 cm³/mol. The van der Waals surface area contributed by atoms with Crippen LogP contribution in [0.1, 0.15) is 25.3 Å². The first-order valence-electron chi connectivity index (χ1n) is 8.35. The maximum Gasteiger partial charge on any atom is 0.171 e. The molecule has 1 saturated heterocycles. The second kappa shape index (κ2) is 8.06. The van der Waals surface area contributed by atoms with E-state index >= 15 is 0 Å². The van der Waals surface area contributed by atoms with Gasteiger partial charge in [-0.3, -0.25) is 4.98 Å². The third-order valence-electron chi connectivity index (χ3n) is 4.16. The van der Waals surface area contributed by atoms with Gasteiger partial charge in [0, 0.05) is 32.0 Å². The summed E-state index contributed by atoms with van der Waals surface area (Å²) in [4.78, 5) is 11.0. The number of thiocarbonyl (C=S) groups is 1. The summed E-state index contributed by atoms with van der Waals surface area (Å²) >= 11 is 5.33. The molecule has 3 heterocycles. The maximum atomic E-state index is 5.33. The molecule has 1 aliphatic rings. The first-order chi connectivity index (χ1) is 11.7. The second-order valence-electron chi connectivity index (χ2n) is 6.27. The highest BCUT2D eigenvalue weighted by Crippen LogP contribution is 2.22.